The van der Waals surface area contributed by atoms with Gasteiger partial charge in [0.25, 0.3) is 0 Å². The van der Waals surface area contributed by atoms with Gasteiger partial charge in [0.05, 0.1) is 22.0 Å². The second-order valence-electron chi connectivity index (χ2n) is 8.47. The van der Waals surface area contributed by atoms with Crippen LogP contribution in [0, 0.1) is 6.92 Å². The standard InChI is InChI=1S/C24H31Cl2N3O4S/c1-6-22(24(31)27-16(2)3)28(14-18-10-11-20(25)21(26)13-18)23(30)15-29(34(5,32)33)19-9-7-8-17(4)12-19/h7-13,16,22H,6,14-15H2,1-5H3,(H,27,31)/t22-/m0/s1. The van der Waals surface area contributed by atoms with Gasteiger partial charge in [0.2, 0.25) is 21.8 Å². The molecule has 186 valence electrons. The second-order valence-corrected chi connectivity index (χ2v) is 11.2. The molecule has 0 bridgehead atoms. The van der Waals surface area contributed by atoms with Crippen molar-refractivity contribution in [3.63, 3.8) is 0 Å². The first-order chi connectivity index (χ1) is 15.8. The molecule has 0 saturated heterocycles. The van der Waals surface area contributed by atoms with Crippen molar-refractivity contribution in [2.45, 2.75) is 52.7 Å². The van der Waals surface area contributed by atoms with Crippen LogP contribution < -0.4 is 9.62 Å². The highest BCUT2D eigenvalue weighted by Gasteiger charge is 2.32. The van der Waals surface area contributed by atoms with Crippen LogP contribution >= 0.6 is 23.2 Å². The number of nitrogens with one attached hydrogen (secondary N) is 1. The number of anilines is 1. The SMILES string of the molecule is CC[C@@H](C(=O)NC(C)C)N(Cc1ccc(Cl)c(Cl)c1)C(=O)CN(c1cccc(C)c1)S(C)(=O)=O. The first-order valence-electron chi connectivity index (χ1n) is 10.9. The van der Waals surface area contributed by atoms with Crippen LogP contribution in [0.2, 0.25) is 10.0 Å². The monoisotopic (exact) mass is 527 g/mol. The minimum atomic E-state index is -3.77. The van der Waals surface area contributed by atoms with Crippen LogP contribution in [-0.2, 0) is 26.2 Å². The first kappa shape index (κ1) is 28.0. The van der Waals surface area contributed by atoms with Crippen LogP contribution in [0.4, 0.5) is 5.69 Å². The van der Waals surface area contributed by atoms with Crippen LogP contribution in [0.3, 0.4) is 0 Å². The first-order valence-corrected chi connectivity index (χ1v) is 13.5. The lowest BCUT2D eigenvalue weighted by atomic mass is 10.1. The van der Waals surface area contributed by atoms with E-state index in [4.69, 9.17) is 23.2 Å². The van der Waals surface area contributed by atoms with E-state index in [2.05, 4.69) is 5.32 Å². The van der Waals surface area contributed by atoms with E-state index in [1.807, 2.05) is 26.8 Å². The number of hydrogen-bond donors (Lipinski definition) is 1. The Morgan fingerprint density at radius 1 is 1.06 bits per heavy atom. The highest BCUT2D eigenvalue weighted by Crippen LogP contribution is 2.25. The van der Waals surface area contributed by atoms with Gasteiger partial charge in [-0.2, -0.15) is 0 Å². The maximum atomic E-state index is 13.6. The fourth-order valence-electron chi connectivity index (χ4n) is 3.53. The summed E-state index contributed by atoms with van der Waals surface area (Å²) in [4.78, 5) is 27.9. The van der Waals surface area contributed by atoms with Crippen LogP contribution in [0.5, 0.6) is 0 Å². The summed E-state index contributed by atoms with van der Waals surface area (Å²) >= 11 is 12.2. The number of nitrogens with zero attached hydrogens (tertiary/aromatic N) is 2. The predicted molar refractivity (Wildman–Crippen MR) is 138 cm³/mol. The third-order valence-electron chi connectivity index (χ3n) is 5.12. The molecule has 0 heterocycles. The van der Waals surface area contributed by atoms with E-state index in [-0.39, 0.29) is 18.5 Å². The van der Waals surface area contributed by atoms with Gasteiger partial charge in [0, 0.05) is 12.6 Å². The zero-order valence-corrected chi connectivity index (χ0v) is 22.3. The Kier molecular flexibility index (Phi) is 9.79. The molecule has 0 spiro atoms. The van der Waals surface area contributed by atoms with E-state index < -0.39 is 28.5 Å². The predicted octanol–water partition coefficient (Wildman–Crippen LogP) is 4.40. The molecule has 0 radical (unpaired) electrons. The van der Waals surface area contributed by atoms with E-state index in [0.717, 1.165) is 16.1 Å². The maximum absolute atomic E-state index is 13.6. The third-order valence-corrected chi connectivity index (χ3v) is 7.00. The average Bonchev–Trinajstić information content (AvgIpc) is 2.72. The van der Waals surface area contributed by atoms with Gasteiger partial charge in [0.1, 0.15) is 12.6 Å². The topological polar surface area (TPSA) is 86.8 Å². The van der Waals surface area contributed by atoms with Crippen molar-refractivity contribution in [2.75, 3.05) is 17.1 Å². The van der Waals surface area contributed by atoms with Gasteiger partial charge in [0.15, 0.2) is 0 Å². The molecule has 1 N–H and O–H groups in total. The van der Waals surface area contributed by atoms with Gasteiger partial charge in [-0.15, -0.1) is 0 Å². The average molecular weight is 529 g/mol. The Hall–Kier alpha value is -2.29. The molecule has 0 aliphatic heterocycles. The summed E-state index contributed by atoms with van der Waals surface area (Å²) in [5.74, 6) is -0.823. The molecule has 2 aromatic carbocycles. The van der Waals surface area contributed by atoms with Crippen LogP contribution in [0.15, 0.2) is 42.5 Å². The number of hydrogen-bond acceptors (Lipinski definition) is 4. The second kappa shape index (κ2) is 11.9. The molecule has 0 unspecified atom stereocenters. The molecule has 34 heavy (non-hydrogen) atoms. The molecule has 0 aromatic heterocycles. The van der Waals surface area contributed by atoms with Gasteiger partial charge >= 0.3 is 0 Å². The van der Waals surface area contributed by atoms with E-state index in [0.29, 0.717) is 27.7 Å². The smallest absolute Gasteiger partial charge is 0.244 e. The maximum Gasteiger partial charge on any atom is 0.244 e. The fourth-order valence-corrected chi connectivity index (χ4v) is 4.69. The van der Waals surface area contributed by atoms with E-state index in [1.165, 1.54) is 4.90 Å². The summed E-state index contributed by atoms with van der Waals surface area (Å²) in [7, 11) is -3.77. The van der Waals surface area contributed by atoms with Crippen molar-refractivity contribution in [3.8, 4) is 0 Å². The Morgan fingerprint density at radius 2 is 1.74 bits per heavy atom. The van der Waals surface area contributed by atoms with Gasteiger partial charge < -0.3 is 10.2 Å². The summed E-state index contributed by atoms with van der Waals surface area (Å²) in [6.07, 6.45) is 1.39. The number of halogens is 2. The Morgan fingerprint density at radius 3 is 2.26 bits per heavy atom. The summed E-state index contributed by atoms with van der Waals surface area (Å²) < 4.78 is 26.3. The minimum absolute atomic E-state index is 0.0607. The van der Waals surface area contributed by atoms with Crippen molar-refractivity contribution < 1.29 is 18.0 Å². The number of carbonyl (C=O) groups is 2. The zero-order valence-electron chi connectivity index (χ0n) is 20.0. The lowest BCUT2D eigenvalue weighted by Crippen LogP contribution is -2.53. The van der Waals surface area contributed by atoms with Crippen molar-refractivity contribution in [1.29, 1.82) is 0 Å². The number of rotatable bonds is 10. The number of amides is 2. The summed E-state index contributed by atoms with van der Waals surface area (Å²) in [6, 6.07) is 10.9. The van der Waals surface area contributed by atoms with Gasteiger partial charge in [-0.3, -0.25) is 13.9 Å². The summed E-state index contributed by atoms with van der Waals surface area (Å²) in [5.41, 5.74) is 1.90. The number of sulfonamides is 1. The van der Waals surface area contributed by atoms with Gasteiger partial charge in [-0.1, -0.05) is 48.3 Å². The summed E-state index contributed by atoms with van der Waals surface area (Å²) in [6.45, 7) is 6.91. The third kappa shape index (κ3) is 7.61. The van der Waals surface area contributed by atoms with Crippen molar-refractivity contribution >= 4 is 50.7 Å². The lowest BCUT2D eigenvalue weighted by Gasteiger charge is -2.33. The van der Waals surface area contributed by atoms with E-state index in [9.17, 15) is 18.0 Å². The molecule has 2 rings (SSSR count). The van der Waals surface area contributed by atoms with Crippen molar-refractivity contribution in [2.24, 2.45) is 0 Å². The lowest BCUT2D eigenvalue weighted by molar-refractivity contribution is -0.140. The van der Waals surface area contributed by atoms with Crippen molar-refractivity contribution in [1.82, 2.24) is 10.2 Å². The van der Waals surface area contributed by atoms with E-state index >= 15 is 0 Å². The highest BCUT2D eigenvalue weighted by molar-refractivity contribution is 7.92. The van der Waals surface area contributed by atoms with E-state index in [1.54, 1.807) is 43.3 Å². The highest BCUT2D eigenvalue weighted by atomic mass is 35.5. The minimum Gasteiger partial charge on any atom is -0.352 e. The molecule has 2 aromatic rings. The largest absolute Gasteiger partial charge is 0.352 e. The molecule has 0 aliphatic carbocycles. The number of benzene rings is 2. The van der Waals surface area contributed by atoms with Crippen LogP contribution in [-0.4, -0.2) is 50.0 Å². The normalized spacial score (nSPS) is 12.4. The molecular weight excluding hydrogens is 497 g/mol. The molecule has 0 aliphatic rings. The van der Waals surface area contributed by atoms with Crippen molar-refractivity contribution in [3.05, 3.63) is 63.6 Å². The quantitative estimate of drug-likeness (QED) is 0.495. The Labute approximate surface area is 212 Å². The number of carbonyl (C=O) groups excluding carboxylic acids is 2. The molecule has 1 atom stereocenters. The molecule has 0 fully saturated rings. The Bertz CT molecular complexity index is 1140. The molecule has 0 saturated carbocycles. The number of aryl methyl sites for hydroxylation is 1. The van der Waals surface area contributed by atoms with Gasteiger partial charge in [-0.05, 0) is 62.6 Å². The molecule has 2 amide bonds. The van der Waals surface area contributed by atoms with Gasteiger partial charge in [-0.25, -0.2) is 8.42 Å². The zero-order chi connectivity index (χ0) is 25.6. The molecule has 10 heteroatoms. The Balaban J connectivity index is 2.46. The summed E-state index contributed by atoms with van der Waals surface area (Å²) in [5, 5.41) is 3.54. The van der Waals surface area contributed by atoms with Crippen LogP contribution in [0.25, 0.3) is 0 Å². The molecule has 7 nitrogen and oxygen atoms in total. The molecular formula is C24H31Cl2N3O4S. The fraction of sp³-hybridized carbons (Fsp3) is 0.417. The van der Waals surface area contributed by atoms with Crippen LogP contribution in [0.1, 0.15) is 38.3 Å².